The zero-order valence-electron chi connectivity index (χ0n) is 11.8. The summed E-state index contributed by atoms with van der Waals surface area (Å²) in [5.74, 6) is 0. The number of aromatic amines is 1. The molecule has 0 fully saturated rings. The van der Waals surface area contributed by atoms with Gasteiger partial charge in [0, 0.05) is 11.6 Å². The molecule has 0 amide bonds. The lowest BCUT2D eigenvalue weighted by Crippen LogP contribution is -2.13. The summed E-state index contributed by atoms with van der Waals surface area (Å²) in [5.41, 5.74) is 5.31. The molecule has 0 saturated heterocycles. The molecule has 5 heteroatoms. The molecule has 1 atom stereocenters. The van der Waals surface area contributed by atoms with Crippen LogP contribution in [0.25, 0.3) is 22.3 Å². The minimum atomic E-state index is 0.336. The van der Waals surface area contributed by atoms with Gasteiger partial charge in [0.1, 0.15) is 6.33 Å². The maximum absolute atomic E-state index is 4.40. The molecule has 2 heterocycles. The van der Waals surface area contributed by atoms with Gasteiger partial charge in [-0.25, -0.2) is 9.97 Å². The number of hydrogen-bond donors (Lipinski definition) is 2. The number of nitrogens with zero attached hydrogens (tertiary/aromatic N) is 3. The predicted octanol–water partition coefficient (Wildman–Crippen LogP) is 2.61. The number of nitrogens with one attached hydrogen (secondary N) is 2. The molecule has 102 valence electrons. The molecular weight excluding hydrogens is 250 g/mol. The number of hydrogen-bond acceptors (Lipinski definition) is 4. The molecule has 2 N–H and O–H groups in total. The van der Waals surface area contributed by atoms with E-state index in [9.17, 15) is 0 Å². The van der Waals surface area contributed by atoms with Crippen molar-refractivity contribution >= 4 is 11.0 Å². The van der Waals surface area contributed by atoms with Crippen molar-refractivity contribution < 1.29 is 0 Å². The Labute approximate surface area is 117 Å². The normalized spacial score (nSPS) is 12.8. The van der Waals surface area contributed by atoms with E-state index >= 15 is 0 Å². The number of H-pyrrole nitrogens is 1. The highest BCUT2D eigenvalue weighted by molar-refractivity contribution is 5.89. The van der Waals surface area contributed by atoms with E-state index in [-0.39, 0.29) is 0 Å². The van der Waals surface area contributed by atoms with E-state index in [0.29, 0.717) is 6.04 Å². The summed E-state index contributed by atoms with van der Waals surface area (Å²) in [6.07, 6.45) is 3.33. The molecule has 5 nitrogen and oxygen atoms in total. The smallest absolute Gasteiger partial charge is 0.159 e. The van der Waals surface area contributed by atoms with Crippen LogP contribution in [0.15, 0.2) is 30.7 Å². The van der Waals surface area contributed by atoms with Crippen LogP contribution in [-0.4, -0.2) is 27.2 Å². The van der Waals surface area contributed by atoms with Crippen molar-refractivity contribution in [2.45, 2.75) is 19.9 Å². The van der Waals surface area contributed by atoms with Crippen LogP contribution in [0.2, 0.25) is 0 Å². The first kappa shape index (κ1) is 12.7. The summed E-state index contributed by atoms with van der Waals surface area (Å²) >= 11 is 0. The number of aromatic nitrogens is 4. The molecule has 1 unspecified atom stereocenters. The fourth-order valence-corrected chi connectivity index (χ4v) is 2.46. The molecule has 20 heavy (non-hydrogen) atoms. The molecule has 0 spiro atoms. The van der Waals surface area contributed by atoms with Crippen LogP contribution in [-0.2, 0) is 0 Å². The minimum Gasteiger partial charge on any atom is -0.313 e. The minimum absolute atomic E-state index is 0.336. The molecule has 3 aromatic rings. The molecule has 2 aromatic heterocycles. The van der Waals surface area contributed by atoms with Gasteiger partial charge in [0.05, 0.1) is 17.3 Å². The second-order valence-electron chi connectivity index (χ2n) is 4.94. The molecule has 1 aromatic carbocycles. The highest BCUT2D eigenvalue weighted by Gasteiger charge is 2.11. The molecule has 0 aliphatic heterocycles. The first-order valence-electron chi connectivity index (χ1n) is 6.63. The molecule has 0 aliphatic rings. The fourth-order valence-electron chi connectivity index (χ4n) is 2.46. The third-order valence-electron chi connectivity index (χ3n) is 3.69. The number of benzene rings is 1. The van der Waals surface area contributed by atoms with E-state index in [4.69, 9.17) is 0 Å². The number of aryl methyl sites for hydroxylation is 1. The van der Waals surface area contributed by atoms with Crippen molar-refractivity contribution in [2.75, 3.05) is 7.05 Å². The summed E-state index contributed by atoms with van der Waals surface area (Å²) in [4.78, 5) is 8.57. The quantitative estimate of drug-likeness (QED) is 0.765. The van der Waals surface area contributed by atoms with Crippen molar-refractivity contribution in [1.82, 2.24) is 25.5 Å². The van der Waals surface area contributed by atoms with Crippen LogP contribution < -0.4 is 5.32 Å². The zero-order valence-corrected chi connectivity index (χ0v) is 11.8. The van der Waals surface area contributed by atoms with Crippen molar-refractivity contribution in [2.24, 2.45) is 0 Å². The lowest BCUT2D eigenvalue weighted by Gasteiger charge is -2.14. The maximum Gasteiger partial charge on any atom is 0.159 e. The third kappa shape index (κ3) is 2.06. The van der Waals surface area contributed by atoms with Crippen LogP contribution in [0.1, 0.15) is 24.1 Å². The largest absolute Gasteiger partial charge is 0.313 e. The highest BCUT2D eigenvalue weighted by Crippen LogP contribution is 2.27. The van der Waals surface area contributed by atoms with Gasteiger partial charge in [-0.3, -0.25) is 5.10 Å². The first-order valence-corrected chi connectivity index (χ1v) is 6.63. The van der Waals surface area contributed by atoms with Crippen LogP contribution in [0.3, 0.4) is 0 Å². The second-order valence-corrected chi connectivity index (χ2v) is 4.94. The highest BCUT2D eigenvalue weighted by atomic mass is 15.1. The van der Waals surface area contributed by atoms with Gasteiger partial charge in [0.2, 0.25) is 0 Å². The number of fused-ring (bicyclic) bond motifs is 1. The summed E-state index contributed by atoms with van der Waals surface area (Å²) in [5, 5.41) is 11.1. The van der Waals surface area contributed by atoms with Gasteiger partial charge in [-0.2, -0.15) is 5.10 Å². The Hall–Kier alpha value is -2.27. The maximum atomic E-state index is 4.40. The van der Waals surface area contributed by atoms with Gasteiger partial charge in [-0.1, -0.05) is 12.1 Å². The third-order valence-corrected chi connectivity index (χ3v) is 3.69. The Morgan fingerprint density at radius 3 is 2.85 bits per heavy atom. The molecule has 0 radical (unpaired) electrons. The lowest BCUT2D eigenvalue weighted by molar-refractivity contribution is 0.648. The second kappa shape index (κ2) is 5.02. The Kier molecular flexibility index (Phi) is 3.20. The summed E-state index contributed by atoms with van der Waals surface area (Å²) in [6.45, 7) is 4.28. The topological polar surface area (TPSA) is 66.5 Å². The Balaban J connectivity index is 2.11. The van der Waals surface area contributed by atoms with E-state index in [1.807, 2.05) is 7.05 Å². The first-order chi connectivity index (χ1) is 9.70. The molecule has 3 rings (SSSR count). The van der Waals surface area contributed by atoms with Crippen LogP contribution in [0.5, 0.6) is 0 Å². The van der Waals surface area contributed by atoms with E-state index in [2.05, 4.69) is 57.5 Å². The molecule has 0 bridgehead atoms. The SMILES string of the molecule is CNC(C)c1ccc(-c2ncnc3[nH]ncc23)cc1C. The van der Waals surface area contributed by atoms with Gasteiger partial charge in [0.25, 0.3) is 0 Å². The van der Waals surface area contributed by atoms with Crippen molar-refractivity contribution in [3.63, 3.8) is 0 Å². The predicted molar refractivity (Wildman–Crippen MR) is 79.3 cm³/mol. The fraction of sp³-hybridized carbons (Fsp3) is 0.267. The van der Waals surface area contributed by atoms with E-state index in [1.54, 1.807) is 12.5 Å². The summed E-state index contributed by atoms with van der Waals surface area (Å²) in [6, 6.07) is 6.76. The Morgan fingerprint density at radius 2 is 2.10 bits per heavy atom. The molecule has 0 aliphatic carbocycles. The van der Waals surface area contributed by atoms with Crippen LogP contribution in [0, 0.1) is 6.92 Å². The zero-order chi connectivity index (χ0) is 14.1. The summed E-state index contributed by atoms with van der Waals surface area (Å²) in [7, 11) is 1.97. The standard InChI is InChI=1S/C15H17N5/c1-9-6-11(4-5-12(9)10(2)16-3)14-13-7-19-20-15(13)18-8-17-14/h4-8,10,16H,1-3H3,(H,17,18,19,20). The monoisotopic (exact) mass is 267 g/mol. The Morgan fingerprint density at radius 1 is 1.25 bits per heavy atom. The Bertz CT molecular complexity index is 747. The van der Waals surface area contributed by atoms with Crippen molar-refractivity contribution in [1.29, 1.82) is 0 Å². The average Bonchev–Trinajstić information content (AvgIpc) is 2.94. The average molecular weight is 267 g/mol. The molecule has 0 saturated carbocycles. The van der Waals surface area contributed by atoms with Gasteiger partial charge in [-0.05, 0) is 38.1 Å². The number of rotatable bonds is 3. The van der Waals surface area contributed by atoms with Gasteiger partial charge < -0.3 is 5.32 Å². The lowest BCUT2D eigenvalue weighted by atomic mass is 9.98. The van der Waals surface area contributed by atoms with E-state index in [1.165, 1.54) is 11.1 Å². The molecular formula is C15H17N5. The van der Waals surface area contributed by atoms with E-state index in [0.717, 1.165) is 22.3 Å². The van der Waals surface area contributed by atoms with Crippen molar-refractivity contribution in [3.8, 4) is 11.3 Å². The van der Waals surface area contributed by atoms with Gasteiger partial charge in [-0.15, -0.1) is 0 Å². The van der Waals surface area contributed by atoms with E-state index < -0.39 is 0 Å². The van der Waals surface area contributed by atoms with Crippen LogP contribution >= 0.6 is 0 Å². The van der Waals surface area contributed by atoms with Crippen molar-refractivity contribution in [3.05, 3.63) is 41.9 Å². The van der Waals surface area contributed by atoms with Gasteiger partial charge in [0.15, 0.2) is 5.65 Å². The summed E-state index contributed by atoms with van der Waals surface area (Å²) < 4.78 is 0. The van der Waals surface area contributed by atoms with Gasteiger partial charge >= 0.3 is 0 Å². The van der Waals surface area contributed by atoms with Crippen LogP contribution in [0.4, 0.5) is 0 Å².